The Kier molecular flexibility index (Phi) is 3.10. The number of amides is 1. The van der Waals surface area contributed by atoms with Crippen molar-refractivity contribution in [1.29, 1.82) is 0 Å². The van der Waals surface area contributed by atoms with Crippen LogP contribution in [0.5, 0.6) is 0 Å². The van der Waals surface area contributed by atoms with Crippen molar-refractivity contribution in [2.75, 3.05) is 0 Å². The van der Waals surface area contributed by atoms with Gasteiger partial charge in [-0.1, -0.05) is 15.9 Å². The summed E-state index contributed by atoms with van der Waals surface area (Å²) < 4.78 is 0.952. The molecule has 3 saturated carbocycles. The van der Waals surface area contributed by atoms with Gasteiger partial charge in [0.2, 0.25) is 0 Å². The summed E-state index contributed by atoms with van der Waals surface area (Å²) >= 11 is 3.42. The lowest BCUT2D eigenvalue weighted by Crippen LogP contribution is -2.58. The van der Waals surface area contributed by atoms with Gasteiger partial charge in [0.1, 0.15) is 0 Å². The molecule has 6 heteroatoms. The predicted molar refractivity (Wildman–Crippen MR) is 86.6 cm³/mol. The number of fused-ring (bicyclic) bond motifs is 4. The molecule has 1 amide bonds. The van der Waals surface area contributed by atoms with E-state index in [9.17, 15) is 9.90 Å². The van der Waals surface area contributed by atoms with Crippen molar-refractivity contribution in [3.8, 4) is 0 Å². The Morgan fingerprint density at radius 3 is 2.59 bits per heavy atom. The maximum absolute atomic E-state index is 12.7. The number of hydrogen-bond acceptors (Lipinski definition) is 3. The maximum atomic E-state index is 12.7. The van der Waals surface area contributed by atoms with E-state index in [4.69, 9.17) is 0 Å². The molecule has 0 unspecified atom stereocenters. The fourth-order valence-electron chi connectivity index (χ4n) is 3.82. The minimum absolute atomic E-state index is 0.124. The number of nitrogens with one attached hydrogen (secondary N) is 2. The second-order valence-corrected chi connectivity index (χ2v) is 7.64. The molecule has 116 valence electrons. The van der Waals surface area contributed by atoms with Gasteiger partial charge in [0.05, 0.1) is 11.1 Å². The number of rotatable bonds is 2. The van der Waals surface area contributed by atoms with E-state index in [1.807, 2.05) is 18.2 Å². The monoisotopic (exact) mass is 363 g/mol. The molecule has 3 aliphatic rings. The van der Waals surface area contributed by atoms with Crippen molar-refractivity contribution in [2.45, 2.75) is 49.7 Å². The van der Waals surface area contributed by atoms with E-state index in [0.717, 1.165) is 53.9 Å². The van der Waals surface area contributed by atoms with Crippen molar-refractivity contribution < 1.29 is 9.90 Å². The molecule has 0 saturated heterocycles. The van der Waals surface area contributed by atoms with Crippen LogP contribution in [0.2, 0.25) is 0 Å². The molecule has 3 fully saturated rings. The Labute approximate surface area is 136 Å². The third-order valence-corrected chi connectivity index (χ3v) is 5.82. The van der Waals surface area contributed by atoms with Gasteiger partial charge >= 0.3 is 0 Å². The van der Waals surface area contributed by atoms with Crippen molar-refractivity contribution in [2.24, 2.45) is 0 Å². The summed E-state index contributed by atoms with van der Waals surface area (Å²) in [5.74, 6) is -0.124. The Hall–Kier alpha value is -1.40. The summed E-state index contributed by atoms with van der Waals surface area (Å²) in [6.45, 7) is 0. The van der Waals surface area contributed by atoms with Crippen LogP contribution in [0.15, 0.2) is 22.7 Å². The van der Waals surface area contributed by atoms with Crippen LogP contribution >= 0.6 is 15.9 Å². The van der Waals surface area contributed by atoms with Gasteiger partial charge in [0.25, 0.3) is 5.91 Å². The zero-order valence-electron chi connectivity index (χ0n) is 12.2. The van der Waals surface area contributed by atoms with E-state index in [0.29, 0.717) is 5.69 Å². The van der Waals surface area contributed by atoms with Gasteiger partial charge in [-0.25, -0.2) is 0 Å². The smallest absolute Gasteiger partial charge is 0.272 e. The minimum atomic E-state index is -0.488. The average molecular weight is 364 g/mol. The quantitative estimate of drug-likeness (QED) is 0.767. The van der Waals surface area contributed by atoms with Crippen molar-refractivity contribution in [1.82, 2.24) is 15.5 Å². The number of aliphatic hydroxyl groups is 1. The van der Waals surface area contributed by atoms with Gasteiger partial charge in [0.15, 0.2) is 5.69 Å². The van der Waals surface area contributed by atoms with Crippen LogP contribution in [0.1, 0.15) is 49.0 Å². The van der Waals surface area contributed by atoms with Crippen LogP contribution < -0.4 is 5.32 Å². The van der Waals surface area contributed by atoms with Crippen LogP contribution in [0.25, 0.3) is 10.9 Å². The zero-order valence-corrected chi connectivity index (χ0v) is 13.7. The normalized spacial score (nSPS) is 30.6. The van der Waals surface area contributed by atoms with Gasteiger partial charge in [-0.05, 0) is 56.7 Å². The van der Waals surface area contributed by atoms with Crippen LogP contribution in [-0.4, -0.2) is 32.4 Å². The predicted octanol–water partition coefficient (Wildman–Crippen LogP) is 2.89. The summed E-state index contributed by atoms with van der Waals surface area (Å²) in [4.78, 5) is 12.7. The first kappa shape index (κ1) is 14.2. The fraction of sp³-hybridized carbons (Fsp3) is 0.500. The third-order valence-electron chi connectivity index (χ3n) is 5.33. The Morgan fingerprint density at radius 2 is 1.91 bits per heavy atom. The van der Waals surface area contributed by atoms with Crippen molar-refractivity contribution in [3.63, 3.8) is 0 Å². The number of carbonyl (C=O) groups excluding carboxylic acids is 1. The molecule has 0 radical (unpaired) electrons. The first-order chi connectivity index (χ1) is 10.5. The molecule has 0 spiro atoms. The van der Waals surface area contributed by atoms with Crippen molar-refractivity contribution in [3.05, 3.63) is 28.4 Å². The van der Waals surface area contributed by atoms with E-state index in [2.05, 4.69) is 31.4 Å². The van der Waals surface area contributed by atoms with Gasteiger partial charge in [-0.3, -0.25) is 9.89 Å². The van der Waals surface area contributed by atoms with Crippen LogP contribution in [0, 0.1) is 0 Å². The number of aromatic nitrogens is 2. The fourth-order valence-corrected chi connectivity index (χ4v) is 4.18. The molecule has 3 N–H and O–H groups in total. The minimum Gasteiger partial charge on any atom is -0.390 e. The summed E-state index contributed by atoms with van der Waals surface area (Å²) in [6, 6.07) is 5.73. The first-order valence-corrected chi connectivity index (χ1v) is 8.47. The maximum Gasteiger partial charge on any atom is 0.272 e. The van der Waals surface area contributed by atoms with E-state index < -0.39 is 5.60 Å². The standard InChI is InChI=1S/C16H18BrN3O2/c17-10-1-2-11-12(9-10)19-20-13(11)14(21)18-15-3-6-16(22,7-4-15)8-5-15/h1-2,9,22H,3-8H2,(H,18,21)(H,19,20). The van der Waals surface area contributed by atoms with Gasteiger partial charge in [-0.15, -0.1) is 0 Å². The van der Waals surface area contributed by atoms with E-state index >= 15 is 0 Å². The number of aromatic amines is 1. The van der Waals surface area contributed by atoms with Gasteiger partial charge < -0.3 is 10.4 Å². The molecule has 1 aromatic heterocycles. The highest BCUT2D eigenvalue weighted by Crippen LogP contribution is 2.46. The number of H-pyrrole nitrogens is 1. The SMILES string of the molecule is O=C(NC12CCC(O)(CC1)CC2)c1n[nH]c2cc(Br)ccc12. The lowest BCUT2D eigenvalue weighted by Gasteiger charge is -2.51. The number of halogens is 1. The highest BCUT2D eigenvalue weighted by atomic mass is 79.9. The molecule has 5 rings (SSSR count). The van der Waals surface area contributed by atoms with Crippen LogP contribution in [0.3, 0.4) is 0 Å². The molecule has 2 bridgehead atoms. The number of carbonyl (C=O) groups is 1. The molecule has 0 aliphatic heterocycles. The summed E-state index contributed by atoms with van der Waals surface area (Å²) in [5, 5.41) is 21.4. The number of hydrogen-bond donors (Lipinski definition) is 3. The second kappa shape index (κ2) is 4.80. The van der Waals surface area contributed by atoms with Gasteiger partial charge in [0, 0.05) is 15.4 Å². The Balaban J connectivity index is 1.59. The summed E-state index contributed by atoms with van der Waals surface area (Å²) in [5.41, 5.74) is 0.641. The van der Waals surface area contributed by atoms with E-state index in [1.54, 1.807) is 0 Å². The Bertz CT molecular complexity index is 730. The molecule has 22 heavy (non-hydrogen) atoms. The van der Waals surface area contributed by atoms with Crippen LogP contribution in [0.4, 0.5) is 0 Å². The molecular weight excluding hydrogens is 346 g/mol. The zero-order chi connectivity index (χ0) is 15.4. The lowest BCUT2D eigenvalue weighted by atomic mass is 9.63. The second-order valence-electron chi connectivity index (χ2n) is 6.72. The van der Waals surface area contributed by atoms with Crippen molar-refractivity contribution >= 4 is 32.7 Å². The number of benzene rings is 1. The highest BCUT2D eigenvalue weighted by molar-refractivity contribution is 9.10. The molecule has 2 aromatic rings. The molecular formula is C16H18BrN3O2. The topological polar surface area (TPSA) is 78.0 Å². The number of nitrogens with zero attached hydrogens (tertiary/aromatic N) is 1. The van der Waals surface area contributed by atoms with Gasteiger partial charge in [-0.2, -0.15) is 5.10 Å². The highest BCUT2D eigenvalue weighted by Gasteiger charge is 2.48. The summed E-state index contributed by atoms with van der Waals surface area (Å²) in [6.07, 6.45) is 4.89. The van der Waals surface area contributed by atoms with E-state index in [1.165, 1.54) is 0 Å². The lowest BCUT2D eigenvalue weighted by molar-refractivity contribution is -0.0702. The Morgan fingerprint density at radius 1 is 1.23 bits per heavy atom. The third kappa shape index (κ3) is 2.25. The van der Waals surface area contributed by atoms with Crippen LogP contribution in [-0.2, 0) is 0 Å². The van der Waals surface area contributed by atoms with E-state index in [-0.39, 0.29) is 11.4 Å². The average Bonchev–Trinajstić information content (AvgIpc) is 2.92. The molecule has 1 heterocycles. The molecule has 5 nitrogen and oxygen atoms in total. The molecule has 1 aromatic carbocycles. The summed E-state index contributed by atoms with van der Waals surface area (Å²) in [7, 11) is 0. The largest absolute Gasteiger partial charge is 0.390 e. The molecule has 0 atom stereocenters. The molecule has 3 aliphatic carbocycles. The first-order valence-electron chi connectivity index (χ1n) is 7.67.